The van der Waals surface area contributed by atoms with Gasteiger partial charge in [0.2, 0.25) is 5.91 Å². The van der Waals surface area contributed by atoms with E-state index in [1.54, 1.807) is 24.3 Å². The Hall–Kier alpha value is -3.91. The fourth-order valence-electron chi connectivity index (χ4n) is 3.33. The molecule has 35 heavy (non-hydrogen) atoms. The van der Waals surface area contributed by atoms with Gasteiger partial charge in [0.05, 0.1) is 5.25 Å². The van der Waals surface area contributed by atoms with E-state index in [-0.39, 0.29) is 18.3 Å². The van der Waals surface area contributed by atoms with Crippen LogP contribution in [0, 0.1) is 6.92 Å². The Balaban J connectivity index is 1.50. The maximum absolute atomic E-state index is 12.8. The van der Waals surface area contributed by atoms with Crippen LogP contribution in [-0.4, -0.2) is 31.7 Å². The number of rotatable bonds is 9. The topological polar surface area (TPSA) is 86.1 Å². The molecule has 8 heteroatoms. The number of benzene rings is 3. The molecule has 0 saturated carbocycles. The molecule has 4 aromatic rings. The number of aromatic nitrogens is 3. The van der Waals surface area contributed by atoms with E-state index in [9.17, 15) is 9.59 Å². The van der Waals surface area contributed by atoms with E-state index in [2.05, 4.69) is 15.5 Å². The number of carbonyl (C=O) groups excluding carboxylic acids is 2. The van der Waals surface area contributed by atoms with Gasteiger partial charge < -0.3 is 10.1 Å². The highest BCUT2D eigenvalue weighted by Crippen LogP contribution is 2.27. The lowest BCUT2D eigenvalue weighted by atomic mass is 10.1. The molecule has 0 aliphatic carbocycles. The van der Waals surface area contributed by atoms with Crippen LogP contribution in [0.1, 0.15) is 35.6 Å². The summed E-state index contributed by atoms with van der Waals surface area (Å²) in [5, 5.41) is 11.7. The zero-order valence-corrected chi connectivity index (χ0v) is 20.6. The van der Waals surface area contributed by atoms with Gasteiger partial charge in [0.25, 0.3) is 0 Å². The number of ether oxygens (including phenoxy) is 1. The molecule has 0 aliphatic rings. The van der Waals surface area contributed by atoms with Crippen molar-refractivity contribution < 1.29 is 14.3 Å². The van der Waals surface area contributed by atoms with Gasteiger partial charge in [0.15, 0.2) is 16.8 Å². The monoisotopic (exact) mass is 486 g/mol. The fourth-order valence-corrected chi connectivity index (χ4v) is 4.22. The van der Waals surface area contributed by atoms with Gasteiger partial charge in [-0.05, 0) is 69.3 Å². The van der Waals surface area contributed by atoms with Crippen molar-refractivity contribution in [2.45, 2.75) is 37.8 Å². The van der Waals surface area contributed by atoms with E-state index >= 15 is 0 Å². The van der Waals surface area contributed by atoms with Crippen LogP contribution in [0.5, 0.6) is 5.75 Å². The normalized spacial score (nSPS) is 11.6. The van der Waals surface area contributed by atoms with Gasteiger partial charge in [-0.3, -0.25) is 14.2 Å². The molecule has 1 N–H and O–H groups in total. The SMILES string of the molecule is CC(=O)c1ccc(NC(=O)[C@@H](C)Sc2nnc(COc3ccc(C)cc3)n2-c2ccccc2)cc1. The highest BCUT2D eigenvalue weighted by atomic mass is 32.2. The second-order valence-electron chi connectivity index (χ2n) is 8.05. The first kappa shape index (κ1) is 24.2. The predicted molar refractivity (Wildman–Crippen MR) is 137 cm³/mol. The number of anilines is 1. The number of ketones is 1. The summed E-state index contributed by atoms with van der Waals surface area (Å²) in [7, 11) is 0. The van der Waals surface area contributed by atoms with Crippen molar-refractivity contribution in [3.63, 3.8) is 0 Å². The molecule has 1 heterocycles. The van der Waals surface area contributed by atoms with Gasteiger partial charge >= 0.3 is 0 Å². The third kappa shape index (κ3) is 6.16. The van der Waals surface area contributed by atoms with Crippen LogP contribution in [0.25, 0.3) is 5.69 Å². The number of nitrogens with one attached hydrogen (secondary N) is 1. The smallest absolute Gasteiger partial charge is 0.237 e. The lowest BCUT2D eigenvalue weighted by Gasteiger charge is -2.14. The van der Waals surface area contributed by atoms with E-state index < -0.39 is 5.25 Å². The van der Waals surface area contributed by atoms with Crippen LogP contribution in [0.2, 0.25) is 0 Å². The third-order valence-electron chi connectivity index (χ3n) is 5.31. The van der Waals surface area contributed by atoms with E-state index in [4.69, 9.17) is 4.74 Å². The van der Waals surface area contributed by atoms with Gasteiger partial charge in [-0.15, -0.1) is 10.2 Å². The molecule has 1 amide bonds. The fraction of sp³-hybridized carbons (Fsp3) is 0.185. The van der Waals surface area contributed by atoms with E-state index in [0.29, 0.717) is 22.2 Å². The molecule has 0 bridgehead atoms. The summed E-state index contributed by atoms with van der Waals surface area (Å²) >= 11 is 1.31. The molecular weight excluding hydrogens is 460 g/mol. The summed E-state index contributed by atoms with van der Waals surface area (Å²) in [4.78, 5) is 24.3. The summed E-state index contributed by atoms with van der Waals surface area (Å²) in [6.45, 7) is 5.58. The molecule has 0 aliphatic heterocycles. The van der Waals surface area contributed by atoms with Crippen LogP contribution in [0.4, 0.5) is 5.69 Å². The Bertz CT molecular complexity index is 1300. The second-order valence-corrected chi connectivity index (χ2v) is 9.36. The molecule has 0 fully saturated rings. The average Bonchev–Trinajstić information content (AvgIpc) is 3.26. The average molecular weight is 487 g/mol. The van der Waals surface area contributed by atoms with E-state index in [1.807, 2.05) is 73.0 Å². The Kier molecular flexibility index (Phi) is 7.62. The Morgan fingerprint density at radius 1 is 0.971 bits per heavy atom. The van der Waals surface area contributed by atoms with Gasteiger partial charge in [-0.25, -0.2) is 0 Å². The highest BCUT2D eigenvalue weighted by molar-refractivity contribution is 8.00. The number of hydrogen-bond donors (Lipinski definition) is 1. The van der Waals surface area contributed by atoms with Gasteiger partial charge in [-0.2, -0.15) is 0 Å². The largest absolute Gasteiger partial charge is 0.486 e. The summed E-state index contributed by atoms with van der Waals surface area (Å²) in [5.41, 5.74) is 3.27. The minimum absolute atomic E-state index is 0.0192. The highest BCUT2D eigenvalue weighted by Gasteiger charge is 2.21. The van der Waals surface area contributed by atoms with Crippen molar-refractivity contribution in [2.75, 3.05) is 5.32 Å². The lowest BCUT2D eigenvalue weighted by Crippen LogP contribution is -2.23. The lowest BCUT2D eigenvalue weighted by molar-refractivity contribution is -0.115. The number of thioether (sulfide) groups is 1. The first-order valence-electron chi connectivity index (χ1n) is 11.2. The Labute approximate surface area is 208 Å². The van der Waals surface area contributed by atoms with Crippen LogP contribution in [0.3, 0.4) is 0 Å². The van der Waals surface area contributed by atoms with Crippen molar-refractivity contribution in [3.8, 4) is 11.4 Å². The molecular formula is C27H26N4O3S. The standard InChI is InChI=1S/C27H26N4O3S/c1-18-9-15-24(16-10-18)34-17-25-29-30-27(31(25)23-7-5-4-6-8-23)35-20(3)26(33)28-22-13-11-21(12-14-22)19(2)32/h4-16,20H,17H2,1-3H3,(H,28,33)/t20-/m1/s1. The minimum atomic E-state index is -0.444. The Morgan fingerprint density at radius 3 is 2.31 bits per heavy atom. The molecule has 0 saturated heterocycles. The van der Waals surface area contributed by atoms with Crippen molar-refractivity contribution >= 4 is 29.1 Å². The zero-order chi connectivity index (χ0) is 24.8. The molecule has 1 aromatic heterocycles. The first-order chi connectivity index (χ1) is 16.9. The van der Waals surface area contributed by atoms with E-state index in [0.717, 1.165) is 17.0 Å². The number of Topliss-reactive ketones (excluding diaryl/α,β-unsaturated/α-hetero) is 1. The number of carbonyl (C=O) groups is 2. The molecule has 178 valence electrons. The van der Waals surface area contributed by atoms with Crippen molar-refractivity contribution in [3.05, 3.63) is 95.8 Å². The Morgan fingerprint density at radius 2 is 1.66 bits per heavy atom. The van der Waals surface area contributed by atoms with Gasteiger partial charge in [0, 0.05) is 16.9 Å². The van der Waals surface area contributed by atoms with Crippen LogP contribution < -0.4 is 10.1 Å². The number of para-hydroxylation sites is 1. The maximum atomic E-state index is 12.8. The van der Waals surface area contributed by atoms with Gasteiger partial charge in [-0.1, -0.05) is 47.7 Å². The predicted octanol–water partition coefficient (Wildman–Crippen LogP) is 5.48. The van der Waals surface area contributed by atoms with Crippen LogP contribution in [0.15, 0.2) is 84.0 Å². The third-order valence-corrected chi connectivity index (χ3v) is 6.36. The maximum Gasteiger partial charge on any atom is 0.237 e. The summed E-state index contributed by atoms with van der Waals surface area (Å²) in [6, 6.07) is 24.4. The van der Waals surface area contributed by atoms with E-state index in [1.165, 1.54) is 18.7 Å². The molecule has 0 spiro atoms. The van der Waals surface area contributed by atoms with Crippen LogP contribution >= 0.6 is 11.8 Å². The number of aryl methyl sites for hydroxylation is 1. The molecule has 0 radical (unpaired) electrons. The summed E-state index contributed by atoms with van der Waals surface area (Å²) in [6.07, 6.45) is 0. The zero-order valence-electron chi connectivity index (χ0n) is 19.8. The molecule has 4 rings (SSSR count). The molecule has 0 unspecified atom stereocenters. The first-order valence-corrected chi connectivity index (χ1v) is 12.1. The molecule has 3 aromatic carbocycles. The summed E-state index contributed by atoms with van der Waals surface area (Å²) in [5.74, 6) is 1.18. The molecule has 1 atom stereocenters. The number of nitrogens with zero attached hydrogens (tertiary/aromatic N) is 3. The summed E-state index contributed by atoms with van der Waals surface area (Å²) < 4.78 is 7.85. The van der Waals surface area contributed by atoms with Crippen molar-refractivity contribution in [1.82, 2.24) is 14.8 Å². The minimum Gasteiger partial charge on any atom is -0.486 e. The van der Waals surface area contributed by atoms with Crippen molar-refractivity contribution in [1.29, 1.82) is 0 Å². The van der Waals surface area contributed by atoms with Crippen molar-refractivity contribution in [2.24, 2.45) is 0 Å². The quantitative estimate of drug-likeness (QED) is 0.249. The van der Waals surface area contributed by atoms with Gasteiger partial charge in [0.1, 0.15) is 12.4 Å². The number of amides is 1. The van der Waals surface area contributed by atoms with Crippen LogP contribution in [-0.2, 0) is 11.4 Å². The number of hydrogen-bond acceptors (Lipinski definition) is 6. The second kappa shape index (κ2) is 11.0. The molecule has 7 nitrogen and oxygen atoms in total.